The van der Waals surface area contributed by atoms with Crippen molar-refractivity contribution in [1.29, 1.82) is 0 Å². The molecule has 4 nitrogen and oxygen atoms in total. The van der Waals surface area contributed by atoms with E-state index in [1.54, 1.807) is 11.0 Å². The molecule has 1 aliphatic heterocycles. The lowest BCUT2D eigenvalue weighted by Gasteiger charge is -2.33. The van der Waals surface area contributed by atoms with E-state index in [9.17, 15) is 9.59 Å². The first-order chi connectivity index (χ1) is 14.7. The van der Waals surface area contributed by atoms with Gasteiger partial charge in [-0.2, -0.15) is 0 Å². The molecule has 0 saturated heterocycles. The Labute approximate surface area is 187 Å². The smallest absolute Gasteiger partial charge is 0.255 e. The van der Waals surface area contributed by atoms with Gasteiger partial charge in [0.2, 0.25) is 5.91 Å². The van der Waals surface area contributed by atoms with Crippen molar-refractivity contribution in [2.24, 2.45) is 0 Å². The molecule has 1 unspecified atom stereocenters. The van der Waals surface area contributed by atoms with Crippen LogP contribution in [0.3, 0.4) is 0 Å². The molecular formula is C26H25ClN2O2. The van der Waals surface area contributed by atoms with E-state index in [0.29, 0.717) is 10.6 Å². The Hall–Kier alpha value is -3.11. The van der Waals surface area contributed by atoms with Crippen LogP contribution in [0.1, 0.15) is 48.3 Å². The Morgan fingerprint density at radius 1 is 0.935 bits per heavy atom. The predicted molar refractivity (Wildman–Crippen MR) is 124 cm³/mol. The van der Waals surface area contributed by atoms with Crippen LogP contribution in [0.2, 0.25) is 5.02 Å². The average Bonchev–Trinajstić information content (AvgIpc) is 2.81. The summed E-state index contributed by atoms with van der Waals surface area (Å²) in [7, 11) is 0. The Balaban J connectivity index is 1.91. The molecule has 0 aliphatic carbocycles. The molecule has 2 amide bonds. The van der Waals surface area contributed by atoms with Crippen LogP contribution in [-0.4, -0.2) is 22.3 Å². The van der Waals surface area contributed by atoms with Crippen molar-refractivity contribution < 1.29 is 9.59 Å². The first-order valence-electron chi connectivity index (χ1n) is 10.3. The van der Waals surface area contributed by atoms with E-state index in [0.717, 1.165) is 22.3 Å². The number of carbonyl (C=O) groups is 2. The average molecular weight is 433 g/mol. The second-order valence-corrected chi connectivity index (χ2v) is 9.27. The zero-order valence-electron chi connectivity index (χ0n) is 17.9. The molecule has 0 spiro atoms. The fourth-order valence-electron chi connectivity index (χ4n) is 4.04. The minimum absolute atomic E-state index is 0.180. The standard InChI is InChI=1S/C26H25ClN2O2/c1-26(2,3)28-24(30)23-21-13-6-4-11-19(21)20-12-5-7-14-22(20)25(31)29(23)16-17-9-8-10-18(27)15-17/h4-15,23H,16H2,1-3H3,(H,28,30). The molecule has 1 heterocycles. The summed E-state index contributed by atoms with van der Waals surface area (Å²) >= 11 is 6.20. The van der Waals surface area contributed by atoms with Crippen molar-refractivity contribution in [2.45, 2.75) is 38.9 Å². The van der Waals surface area contributed by atoms with E-state index < -0.39 is 11.6 Å². The molecule has 0 radical (unpaired) electrons. The van der Waals surface area contributed by atoms with Gasteiger partial charge in [0, 0.05) is 22.7 Å². The molecule has 5 heteroatoms. The van der Waals surface area contributed by atoms with Crippen LogP contribution in [0.25, 0.3) is 11.1 Å². The summed E-state index contributed by atoms with van der Waals surface area (Å²) in [6.07, 6.45) is 0. The third-order valence-electron chi connectivity index (χ3n) is 5.26. The van der Waals surface area contributed by atoms with Crippen LogP contribution in [0.5, 0.6) is 0 Å². The van der Waals surface area contributed by atoms with Crippen molar-refractivity contribution in [2.75, 3.05) is 0 Å². The maximum atomic E-state index is 13.8. The molecule has 0 fully saturated rings. The number of hydrogen-bond acceptors (Lipinski definition) is 2. The first-order valence-corrected chi connectivity index (χ1v) is 10.7. The first kappa shape index (κ1) is 21.1. The molecule has 4 rings (SSSR count). The summed E-state index contributed by atoms with van der Waals surface area (Å²) in [6, 6.07) is 21.9. The Bertz CT molecular complexity index is 1150. The number of benzene rings is 3. The van der Waals surface area contributed by atoms with Crippen LogP contribution >= 0.6 is 11.6 Å². The quantitative estimate of drug-likeness (QED) is 0.584. The molecule has 3 aromatic rings. The van der Waals surface area contributed by atoms with Crippen molar-refractivity contribution >= 4 is 23.4 Å². The Morgan fingerprint density at radius 3 is 2.26 bits per heavy atom. The second kappa shape index (κ2) is 8.20. The highest BCUT2D eigenvalue weighted by Crippen LogP contribution is 2.39. The highest BCUT2D eigenvalue weighted by Gasteiger charge is 2.38. The highest BCUT2D eigenvalue weighted by molar-refractivity contribution is 6.30. The van der Waals surface area contributed by atoms with Gasteiger partial charge < -0.3 is 10.2 Å². The summed E-state index contributed by atoms with van der Waals surface area (Å²) in [5, 5.41) is 3.67. The van der Waals surface area contributed by atoms with Crippen LogP contribution in [0.4, 0.5) is 0 Å². The fourth-order valence-corrected chi connectivity index (χ4v) is 4.25. The topological polar surface area (TPSA) is 49.4 Å². The van der Waals surface area contributed by atoms with E-state index in [1.165, 1.54) is 0 Å². The lowest BCUT2D eigenvalue weighted by Crippen LogP contribution is -2.48. The second-order valence-electron chi connectivity index (χ2n) is 8.84. The lowest BCUT2D eigenvalue weighted by molar-refractivity contribution is -0.127. The minimum atomic E-state index is -0.769. The molecule has 1 aliphatic rings. The molecule has 0 aromatic heterocycles. The van der Waals surface area contributed by atoms with Crippen LogP contribution in [-0.2, 0) is 11.3 Å². The number of carbonyl (C=O) groups excluding carboxylic acids is 2. The van der Waals surface area contributed by atoms with Gasteiger partial charge in [-0.25, -0.2) is 0 Å². The minimum Gasteiger partial charge on any atom is -0.349 e. The van der Waals surface area contributed by atoms with Gasteiger partial charge >= 0.3 is 0 Å². The SMILES string of the molecule is CC(C)(C)NC(=O)C1c2ccccc2-c2ccccc2C(=O)N1Cc1cccc(Cl)c1. The maximum Gasteiger partial charge on any atom is 0.255 e. The molecule has 31 heavy (non-hydrogen) atoms. The van der Waals surface area contributed by atoms with Gasteiger partial charge in [-0.3, -0.25) is 9.59 Å². The number of halogens is 1. The molecule has 0 saturated carbocycles. The predicted octanol–water partition coefficient (Wildman–Crippen LogP) is 5.62. The molecule has 158 valence electrons. The van der Waals surface area contributed by atoms with Crippen molar-refractivity contribution in [3.63, 3.8) is 0 Å². The summed E-state index contributed by atoms with van der Waals surface area (Å²) in [4.78, 5) is 29.0. The van der Waals surface area contributed by atoms with Crippen LogP contribution in [0, 0.1) is 0 Å². The number of rotatable bonds is 3. The van der Waals surface area contributed by atoms with Gasteiger partial charge in [0.05, 0.1) is 0 Å². The summed E-state index contributed by atoms with van der Waals surface area (Å²) < 4.78 is 0. The number of nitrogens with zero attached hydrogens (tertiary/aromatic N) is 1. The van der Waals surface area contributed by atoms with Crippen molar-refractivity contribution in [3.8, 4) is 11.1 Å². The van der Waals surface area contributed by atoms with E-state index in [4.69, 9.17) is 11.6 Å². The zero-order chi connectivity index (χ0) is 22.2. The van der Waals surface area contributed by atoms with E-state index in [-0.39, 0.29) is 18.4 Å². The summed E-state index contributed by atoms with van der Waals surface area (Å²) in [5.41, 5.74) is 3.56. The van der Waals surface area contributed by atoms with Gasteiger partial charge in [0.1, 0.15) is 6.04 Å². The maximum absolute atomic E-state index is 13.8. The molecule has 0 bridgehead atoms. The Kier molecular flexibility index (Phi) is 5.59. The number of fused-ring (bicyclic) bond motifs is 3. The number of hydrogen-bond donors (Lipinski definition) is 1. The van der Waals surface area contributed by atoms with Crippen molar-refractivity contribution in [3.05, 3.63) is 94.5 Å². The zero-order valence-corrected chi connectivity index (χ0v) is 18.6. The fraction of sp³-hybridized carbons (Fsp3) is 0.231. The van der Waals surface area contributed by atoms with E-state index in [1.807, 2.05) is 87.5 Å². The van der Waals surface area contributed by atoms with Gasteiger partial charge in [0.15, 0.2) is 0 Å². The summed E-state index contributed by atoms with van der Waals surface area (Å²) in [5.74, 6) is -0.385. The van der Waals surface area contributed by atoms with Gasteiger partial charge in [-0.05, 0) is 61.2 Å². The van der Waals surface area contributed by atoms with Gasteiger partial charge in [0.25, 0.3) is 5.91 Å². The molecule has 3 aromatic carbocycles. The third-order valence-corrected chi connectivity index (χ3v) is 5.50. The van der Waals surface area contributed by atoms with Crippen LogP contribution in [0.15, 0.2) is 72.8 Å². The number of nitrogens with one attached hydrogen (secondary N) is 1. The summed E-state index contributed by atoms with van der Waals surface area (Å²) in [6.45, 7) is 6.08. The monoisotopic (exact) mass is 432 g/mol. The van der Waals surface area contributed by atoms with Crippen LogP contribution < -0.4 is 5.32 Å². The molecule has 1 atom stereocenters. The third kappa shape index (κ3) is 4.35. The normalized spacial score (nSPS) is 15.7. The van der Waals surface area contributed by atoms with Crippen molar-refractivity contribution in [1.82, 2.24) is 10.2 Å². The lowest BCUT2D eigenvalue weighted by atomic mass is 9.93. The van der Waals surface area contributed by atoms with E-state index in [2.05, 4.69) is 5.32 Å². The van der Waals surface area contributed by atoms with Gasteiger partial charge in [-0.15, -0.1) is 0 Å². The largest absolute Gasteiger partial charge is 0.349 e. The molecular weight excluding hydrogens is 408 g/mol. The molecule has 1 N–H and O–H groups in total. The highest BCUT2D eigenvalue weighted by atomic mass is 35.5. The number of amides is 2. The van der Waals surface area contributed by atoms with Gasteiger partial charge in [-0.1, -0.05) is 66.2 Å². The Morgan fingerprint density at radius 2 is 1.58 bits per heavy atom. The van der Waals surface area contributed by atoms with E-state index >= 15 is 0 Å².